The summed E-state index contributed by atoms with van der Waals surface area (Å²) < 4.78 is 18.9. The van der Waals surface area contributed by atoms with Gasteiger partial charge in [-0.1, -0.05) is 50.3 Å². The van der Waals surface area contributed by atoms with E-state index in [-0.39, 0.29) is 6.61 Å². The van der Waals surface area contributed by atoms with Crippen LogP contribution in [0.4, 0.5) is 0 Å². The molecule has 1 heterocycles. The number of nitrogens with zero attached hydrogens (tertiary/aromatic N) is 3. The first-order valence-electron chi connectivity index (χ1n) is 11.9. The molecule has 0 bridgehead atoms. The third-order valence-corrected chi connectivity index (χ3v) is 5.43. The van der Waals surface area contributed by atoms with E-state index in [4.69, 9.17) is 19.3 Å². The smallest absolute Gasteiger partial charge is 0.222 e. The first-order valence-corrected chi connectivity index (χ1v) is 11.9. The molecule has 2 aromatic carbocycles. The van der Waals surface area contributed by atoms with Crippen LogP contribution in [-0.4, -0.2) is 59.3 Å². The monoisotopic (exact) mass is 479 g/mol. The van der Waals surface area contributed by atoms with Crippen LogP contribution < -0.4 is 9.47 Å². The van der Waals surface area contributed by atoms with Crippen LogP contribution in [0.2, 0.25) is 0 Å². The Morgan fingerprint density at radius 2 is 1.74 bits per heavy atom. The molecule has 0 aliphatic rings. The van der Waals surface area contributed by atoms with Crippen LogP contribution in [0.25, 0.3) is 11.3 Å². The number of aliphatic hydroxyl groups excluding tert-OH is 1. The molecule has 0 saturated heterocycles. The molecule has 7 heteroatoms. The fraction of sp³-hybridized carbons (Fsp3) is 0.393. The molecule has 3 rings (SSSR count). The van der Waals surface area contributed by atoms with Crippen molar-refractivity contribution in [3.8, 4) is 28.6 Å². The Kier molecular flexibility index (Phi) is 9.90. The molecule has 1 atom stereocenters. The zero-order valence-electron chi connectivity index (χ0n) is 21.2. The minimum atomic E-state index is -0.614. The molecule has 3 aromatic rings. The number of hydrogen-bond acceptors (Lipinski definition) is 6. The van der Waals surface area contributed by atoms with Gasteiger partial charge >= 0.3 is 0 Å². The van der Waals surface area contributed by atoms with E-state index in [1.165, 1.54) is 0 Å². The van der Waals surface area contributed by atoms with Gasteiger partial charge in [-0.2, -0.15) is 5.10 Å². The molecule has 0 saturated carbocycles. The first kappa shape index (κ1) is 26.5. The maximum absolute atomic E-state index is 10.6. The molecular formula is C28H37N3O4. The fourth-order valence-electron chi connectivity index (χ4n) is 3.99. The van der Waals surface area contributed by atoms with Crippen molar-refractivity contribution < 1.29 is 19.3 Å². The topological polar surface area (TPSA) is 69.0 Å². The van der Waals surface area contributed by atoms with Crippen LogP contribution in [0.15, 0.2) is 67.3 Å². The van der Waals surface area contributed by atoms with Crippen molar-refractivity contribution in [1.29, 1.82) is 0 Å². The third-order valence-electron chi connectivity index (χ3n) is 5.43. The second-order valence-electron chi connectivity index (χ2n) is 8.97. The van der Waals surface area contributed by atoms with Crippen molar-refractivity contribution in [3.05, 3.63) is 72.8 Å². The molecule has 0 radical (unpaired) electrons. The Bertz CT molecular complexity index is 1050. The van der Waals surface area contributed by atoms with Gasteiger partial charge in [-0.3, -0.25) is 4.90 Å². The highest BCUT2D eigenvalue weighted by Crippen LogP contribution is 2.34. The summed E-state index contributed by atoms with van der Waals surface area (Å²) in [7, 11) is 3.53. The second kappa shape index (κ2) is 13.1. The van der Waals surface area contributed by atoms with Gasteiger partial charge in [0.15, 0.2) is 0 Å². The first-order chi connectivity index (χ1) is 16.9. The summed E-state index contributed by atoms with van der Waals surface area (Å²) in [6.07, 6.45) is 1.07. The second-order valence-corrected chi connectivity index (χ2v) is 8.97. The van der Waals surface area contributed by atoms with Crippen molar-refractivity contribution in [3.63, 3.8) is 0 Å². The average Bonchev–Trinajstić information content (AvgIpc) is 3.14. The number of aliphatic hydroxyl groups is 1. The zero-order valence-corrected chi connectivity index (χ0v) is 21.2. The van der Waals surface area contributed by atoms with E-state index >= 15 is 0 Å². The summed E-state index contributed by atoms with van der Waals surface area (Å²) in [6, 6.07) is 17.6. The van der Waals surface area contributed by atoms with Crippen molar-refractivity contribution in [2.75, 3.05) is 33.4 Å². The Hall–Kier alpha value is -3.13. The molecule has 1 aromatic heterocycles. The SMILES string of the molecule is C=CCOC[C@H](O)CN(Cc1c(-c2ccccc2)nn(C)c1Oc1ccc(OC)cc1)CC(C)C. The van der Waals surface area contributed by atoms with Crippen molar-refractivity contribution in [2.45, 2.75) is 26.5 Å². The van der Waals surface area contributed by atoms with Gasteiger partial charge in [0.25, 0.3) is 0 Å². The van der Waals surface area contributed by atoms with Crippen molar-refractivity contribution in [1.82, 2.24) is 14.7 Å². The largest absolute Gasteiger partial charge is 0.497 e. The van der Waals surface area contributed by atoms with Gasteiger partial charge in [0.1, 0.15) is 17.2 Å². The summed E-state index contributed by atoms with van der Waals surface area (Å²) in [6.45, 7) is 10.5. The van der Waals surface area contributed by atoms with Gasteiger partial charge in [-0.05, 0) is 30.2 Å². The Labute approximate surface area is 208 Å². The summed E-state index contributed by atoms with van der Waals surface area (Å²) in [5.74, 6) is 2.55. The van der Waals surface area contributed by atoms with Gasteiger partial charge in [-0.15, -0.1) is 6.58 Å². The summed E-state index contributed by atoms with van der Waals surface area (Å²) in [4.78, 5) is 2.23. The lowest BCUT2D eigenvalue weighted by molar-refractivity contribution is 0.0222. The van der Waals surface area contributed by atoms with Crippen LogP contribution in [-0.2, 0) is 18.3 Å². The van der Waals surface area contributed by atoms with Gasteiger partial charge in [-0.25, -0.2) is 4.68 Å². The molecule has 0 unspecified atom stereocenters. The van der Waals surface area contributed by atoms with E-state index in [1.807, 2.05) is 61.6 Å². The highest BCUT2D eigenvalue weighted by atomic mass is 16.5. The van der Waals surface area contributed by atoms with Gasteiger partial charge in [0, 0.05) is 32.2 Å². The van der Waals surface area contributed by atoms with Crippen LogP contribution in [0, 0.1) is 5.92 Å². The maximum Gasteiger partial charge on any atom is 0.222 e. The maximum atomic E-state index is 10.6. The number of aryl methyl sites for hydroxylation is 1. The Morgan fingerprint density at radius 3 is 2.37 bits per heavy atom. The molecule has 0 aliphatic carbocycles. The lowest BCUT2D eigenvalue weighted by Crippen LogP contribution is -2.37. The molecule has 188 valence electrons. The number of benzene rings is 2. The number of aromatic nitrogens is 2. The van der Waals surface area contributed by atoms with Crippen molar-refractivity contribution in [2.24, 2.45) is 13.0 Å². The lowest BCUT2D eigenvalue weighted by Gasteiger charge is -2.27. The quantitative estimate of drug-likeness (QED) is 0.262. The van der Waals surface area contributed by atoms with Gasteiger partial charge < -0.3 is 19.3 Å². The minimum Gasteiger partial charge on any atom is -0.497 e. The Morgan fingerprint density at radius 1 is 1.06 bits per heavy atom. The molecule has 0 amide bonds. The standard InChI is InChI=1S/C28H37N3O4/c1-6-16-34-20-23(32)18-31(17-21(2)3)19-26-27(22-10-8-7-9-11-22)29-30(4)28(26)35-25-14-12-24(33-5)13-15-25/h6-15,21,23,32H,1,16-20H2,2-5H3/t23-/m1/s1. The average molecular weight is 480 g/mol. The Balaban J connectivity index is 1.94. The highest BCUT2D eigenvalue weighted by Gasteiger charge is 2.24. The third kappa shape index (κ3) is 7.68. The molecule has 35 heavy (non-hydrogen) atoms. The number of ether oxygens (including phenoxy) is 3. The number of rotatable bonds is 14. The number of methoxy groups -OCH3 is 1. The predicted octanol–water partition coefficient (Wildman–Crippen LogP) is 4.91. The van der Waals surface area contributed by atoms with Gasteiger partial charge in [0.05, 0.1) is 32.0 Å². The van der Waals surface area contributed by atoms with Crippen LogP contribution in [0.5, 0.6) is 17.4 Å². The van der Waals surface area contributed by atoms with Gasteiger partial charge in [0.2, 0.25) is 5.88 Å². The van der Waals surface area contributed by atoms with E-state index in [0.29, 0.717) is 37.2 Å². The highest BCUT2D eigenvalue weighted by molar-refractivity contribution is 5.65. The zero-order chi connectivity index (χ0) is 25.2. The fourth-order valence-corrected chi connectivity index (χ4v) is 3.99. The van der Waals surface area contributed by atoms with Crippen LogP contribution >= 0.6 is 0 Å². The van der Waals surface area contributed by atoms with Crippen LogP contribution in [0.1, 0.15) is 19.4 Å². The molecule has 7 nitrogen and oxygen atoms in total. The van der Waals surface area contributed by atoms with E-state index in [2.05, 4.69) is 25.3 Å². The van der Waals surface area contributed by atoms with E-state index in [1.54, 1.807) is 17.9 Å². The summed E-state index contributed by atoms with van der Waals surface area (Å²) in [5, 5.41) is 15.4. The molecule has 0 spiro atoms. The summed E-state index contributed by atoms with van der Waals surface area (Å²) in [5.41, 5.74) is 2.85. The normalized spacial score (nSPS) is 12.2. The van der Waals surface area contributed by atoms with E-state index in [9.17, 15) is 5.11 Å². The molecule has 0 fully saturated rings. The minimum absolute atomic E-state index is 0.258. The van der Waals surface area contributed by atoms with Crippen molar-refractivity contribution >= 4 is 0 Å². The van der Waals surface area contributed by atoms with Crippen LogP contribution in [0.3, 0.4) is 0 Å². The molecular weight excluding hydrogens is 442 g/mol. The number of hydrogen-bond donors (Lipinski definition) is 1. The van der Waals surface area contributed by atoms with E-state index in [0.717, 1.165) is 29.1 Å². The van der Waals surface area contributed by atoms with E-state index < -0.39 is 6.10 Å². The molecule has 0 aliphatic heterocycles. The lowest BCUT2D eigenvalue weighted by atomic mass is 10.1. The summed E-state index contributed by atoms with van der Waals surface area (Å²) >= 11 is 0. The molecule has 1 N–H and O–H groups in total. The predicted molar refractivity (Wildman–Crippen MR) is 139 cm³/mol.